The summed E-state index contributed by atoms with van der Waals surface area (Å²) in [6, 6.07) is 6.57. The molecule has 0 saturated heterocycles. The molecule has 1 fully saturated rings. The Morgan fingerprint density at radius 3 is 2.48 bits per heavy atom. The highest BCUT2D eigenvalue weighted by Crippen LogP contribution is 2.32. The Labute approximate surface area is 132 Å². The quantitative estimate of drug-likeness (QED) is 0.653. The number of hydrogen-bond donors (Lipinski definition) is 0. The summed E-state index contributed by atoms with van der Waals surface area (Å²) >= 11 is 5.56. The summed E-state index contributed by atoms with van der Waals surface area (Å²) in [6.45, 7) is 3.62. The minimum absolute atomic E-state index is 0.329. The van der Waals surface area contributed by atoms with Crippen molar-refractivity contribution in [3.05, 3.63) is 24.3 Å². The van der Waals surface area contributed by atoms with Gasteiger partial charge in [-0.1, -0.05) is 6.92 Å². The molecule has 0 heterocycles. The Kier molecular flexibility index (Phi) is 5.90. The van der Waals surface area contributed by atoms with E-state index in [1.165, 1.54) is 0 Å². The van der Waals surface area contributed by atoms with Gasteiger partial charge in [-0.25, -0.2) is 8.42 Å². The van der Waals surface area contributed by atoms with Crippen molar-refractivity contribution in [2.75, 3.05) is 25.6 Å². The van der Waals surface area contributed by atoms with Gasteiger partial charge in [-0.15, -0.1) is 11.6 Å². The molecule has 0 bridgehead atoms. The second kappa shape index (κ2) is 7.47. The van der Waals surface area contributed by atoms with Crippen molar-refractivity contribution >= 4 is 21.6 Å². The lowest BCUT2D eigenvalue weighted by Gasteiger charge is -2.21. The van der Waals surface area contributed by atoms with Crippen LogP contribution in [0.25, 0.3) is 0 Å². The van der Waals surface area contributed by atoms with E-state index in [2.05, 4.69) is 0 Å². The highest BCUT2D eigenvalue weighted by atomic mass is 35.5. The number of hydrogen-bond acceptors (Lipinski definition) is 3. The number of halogens is 1. The van der Waals surface area contributed by atoms with E-state index in [4.69, 9.17) is 16.3 Å². The lowest BCUT2D eigenvalue weighted by Crippen LogP contribution is -2.33. The number of rotatable bonds is 9. The summed E-state index contributed by atoms with van der Waals surface area (Å²) in [5, 5.41) is 0. The number of alkyl halides is 1. The second-order valence-electron chi connectivity index (χ2n) is 5.32. The van der Waals surface area contributed by atoms with Crippen LogP contribution in [0.3, 0.4) is 0 Å². The van der Waals surface area contributed by atoms with Crippen LogP contribution in [0.4, 0.5) is 0 Å². The van der Waals surface area contributed by atoms with Crippen LogP contribution in [0.2, 0.25) is 0 Å². The SMILES string of the molecule is CCCN(CC1CC1)S(=O)(=O)c1ccc(OCCCl)cc1. The largest absolute Gasteiger partial charge is 0.492 e. The Morgan fingerprint density at radius 2 is 1.95 bits per heavy atom. The molecule has 2 rings (SSSR count). The van der Waals surface area contributed by atoms with Crippen LogP contribution in [0, 0.1) is 5.92 Å². The maximum atomic E-state index is 12.7. The molecule has 1 aliphatic rings. The molecule has 0 spiro atoms. The van der Waals surface area contributed by atoms with Gasteiger partial charge in [0.25, 0.3) is 0 Å². The first kappa shape index (κ1) is 16.6. The number of sulfonamides is 1. The average molecular weight is 332 g/mol. The third-order valence-electron chi connectivity index (χ3n) is 3.44. The predicted octanol–water partition coefficient (Wildman–Crippen LogP) is 3.11. The van der Waals surface area contributed by atoms with Gasteiger partial charge in [0.05, 0.1) is 10.8 Å². The highest BCUT2D eigenvalue weighted by molar-refractivity contribution is 7.89. The van der Waals surface area contributed by atoms with Crippen LogP contribution in [-0.2, 0) is 10.0 Å². The van der Waals surface area contributed by atoms with Crippen molar-refractivity contribution in [1.82, 2.24) is 4.31 Å². The molecule has 0 N–H and O–H groups in total. The van der Waals surface area contributed by atoms with E-state index in [0.717, 1.165) is 19.3 Å². The topological polar surface area (TPSA) is 46.6 Å². The molecule has 1 saturated carbocycles. The first-order valence-electron chi connectivity index (χ1n) is 7.37. The predicted molar refractivity (Wildman–Crippen MR) is 84.4 cm³/mol. The summed E-state index contributed by atoms with van der Waals surface area (Å²) in [7, 11) is -3.40. The van der Waals surface area contributed by atoms with Gasteiger partial charge in [-0.2, -0.15) is 4.31 Å². The van der Waals surface area contributed by atoms with E-state index in [1.807, 2.05) is 6.92 Å². The van der Waals surface area contributed by atoms with E-state index in [1.54, 1.807) is 28.6 Å². The van der Waals surface area contributed by atoms with Gasteiger partial charge in [0.15, 0.2) is 0 Å². The van der Waals surface area contributed by atoms with E-state index >= 15 is 0 Å². The molecular weight excluding hydrogens is 310 g/mol. The third kappa shape index (κ3) is 4.59. The van der Waals surface area contributed by atoms with Crippen molar-refractivity contribution in [2.45, 2.75) is 31.1 Å². The highest BCUT2D eigenvalue weighted by Gasteiger charge is 2.31. The van der Waals surface area contributed by atoms with Crippen LogP contribution in [0.15, 0.2) is 29.2 Å². The molecule has 0 unspecified atom stereocenters. The second-order valence-corrected chi connectivity index (χ2v) is 7.63. The van der Waals surface area contributed by atoms with Crippen molar-refractivity contribution in [3.8, 4) is 5.75 Å². The molecule has 1 aliphatic carbocycles. The monoisotopic (exact) mass is 331 g/mol. The summed E-state index contributed by atoms with van der Waals surface area (Å²) in [5.74, 6) is 1.59. The lowest BCUT2D eigenvalue weighted by molar-refractivity contribution is 0.342. The van der Waals surface area contributed by atoms with Crippen LogP contribution >= 0.6 is 11.6 Å². The molecule has 0 radical (unpaired) electrons. The standard InChI is InChI=1S/C15H22ClNO3S/c1-2-10-17(12-13-3-4-13)21(18,19)15-7-5-14(6-8-15)20-11-9-16/h5-8,13H,2-4,9-12H2,1H3. The van der Waals surface area contributed by atoms with Gasteiger partial charge in [-0.3, -0.25) is 0 Å². The van der Waals surface area contributed by atoms with E-state index < -0.39 is 10.0 Å². The molecule has 0 atom stereocenters. The number of ether oxygens (including phenoxy) is 1. The van der Waals surface area contributed by atoms with Gasteiger partial charge in [0.2, 0.25) is 10.0 Å². The number of benzene rings is 1. The molecule has 1 aromatic rings. The molecule has 0 aliphatic heterocycles. The number of nitrogens with zero attached hydrogens (tertiary/aromatic N) is 1. The first-order chi connectivity index (χ1) is 10.1. The Morgan fingerprint density at radius 1 is 1.29 bits per heavy atom. The van der Waals surface area contributed by atoms with Gasteiger partial charge in [0.1, 0.15) is 12.4 Å². The third-order valence-corrected chi connectivity index (χ3v) is 5.47. The van der Waals surface area contributed by atoms with E-state index in [-0.39, 0.29) is 0 Å². The lowest BCUT2D eigenvalue weighted by atomic mass is 10.3. The van der Waals surface area contributed by atoms with Crippen LogP contribution in [0.5, 0.6) is 5.75 Å². The molecule has 6 heteroatoms. The molecule has 1 aromatic carbocycles. The molecule has 0 aromatic heterocycles. The minimum atomic E-state index is -3.40. The van der Waals surface area contributed by atoms with Gasteiger partial charge >= 0.3 is 0 Å². The van der Waals surface area contributed by atoms with Crippen molar-refractivity contribution in [1.29, 1.82) is 0 Å². The molecule has 0 amide bonds. The van der Waals surface area contributed by atoms with Crippen LogP contribution in [-0.4, -0.2) is 38.3 Å². The smallest absolute Gasteiger partial charge is 0.243 e. The fourth-order valence-corrected chi connectivity index (χ4v) is 3.85. The van der Waals surface area contributed by atoms with E-state index in [9.17, 15) is 8.42 Å². The fourth-order valence-electron chi connectivity index (χ4n) is 2.16. The van der Waals surface area contributed by atoms with Gasteiger partial charge < -0.3 is 4.74 Å². The summed E-state index contributed by atoms with van der Waals surface area (Å²) in [6.07, 6.45) is 3.10. The zero-order valence-electron chi connectivity index (χ0n) is 12.3. The first-order valence-corrected chi connectivity index (χ1v) is 9.34. The Hall–Kier alpha value is -0.780. The summed E-state index contributed by atoms with van der Waals surface area (Å²) in [5.41, 5.74) is 0. The Bertz CT molecular complexity index is 541. The maximum Gasteiger partial charge on any atom is 0.243 e. The molecule has 118 valence electrons. The average Bonchev–Trinajstić information content (AvgIpc) is 3.29. The maximum absolute atomic E-state index is 12.7. The summed E-state index contributed by atoms with van der Waals surface area (Å²) in [4.78, 5) is 0.329. The van der Waals surface area contributed by atoms with Gasteiger partial charge in [0, 0.05) is 13.1 Å². The molecule has 4 nitrogen and oxygen atoms in total. The Balaban J connectivity index is 2.12. The van der Waals surface area contributed by atoms with Crippen LogP contribution in [0.1, 0.15) is 26.2 Å². The normalized spacial score (nSPS) is 15.4. The van der Waals surface area contributed by atoms with Crippen LogP contribution < -0.4 is 4.74 Å². The van der Waals surface area contributed by atoms with Crippen molar-refractivity contribution in [3.63, 3.8) is 0 Å². The van der Waals surface area contributed by atoms with E-state index in [0.29, 0.717) is 42.1 Å². The fraction of sp³-hybridized carbons (Fsp3) is 0.600. The minimum Gasteiger partial charge on any atom is -0.492 e. The zero-order chi connectivity index (χ0) is 15.3. The van der Waals surface area contributed by atoms with Gasteiger partial charge in [-0.05, 0) is 49.4 Å². The molecular formula is C15H22ClNO3S. The zero-order valence-corrected chi connectivity index (χ0v) is 13.9. The molecule has 21 heavy (non-hydrogen) atoms. The van der Waals surface area contributed by atoms with Crippen molar-refractivity contribution in [2.24, 2.45) is 5.92 Å². The van der Waals surface area contributed by atoms with Crippen molar-refractivity contribution < 1.29 is 13.2 Å². The summed E-state index contributed by atoms with van der Waals surface area (Å²) < 4.78 is 32.3.